The lowest BCUT2D eigenvalue weighted by Crippen LogP contribution is -2.35. The van der Waals surface area contributed by atoms with Crippen molar-refractivity contribution in [2.75, 3.05) is 23.2 Å². The number of carbonyl (C=O) groups excluding carboxylic acids is 1. The lowest BCUT2D eigenvalue weighted by molar-refractivity contribution is 0.0989. The molecule has 23 heavy (non-hydrogen) atoms. The molecule has 0 bridgehead atoms. The molecule has 2 aromatic rings. The first-order chi connectivity index (χ1) is 11.0. The zero-order chi connectivity index (χ0) is 16.4. The van der Waals surface area contributed by atoms with Gasteiger partial charge in [-0.25, -0.2) is 4.72 Å². The summed E-state index contributed by atoms with van der Waals surface area (Å²) in [5, 5.41) is 1.88. The van der Waals surface area contributed by atoms with E-state index in [0.717, 1.165) is 24.1 Å². The molecule has 0 spiro atoms. The molecule has 8 heteroatoms. The van der Waals surface area contributed by atoms with E-state index in [0.29, 0.717) is 17.1 Å². The fourth-order valence-corrected chi connectivity index (χ4v) is 3.82. The number of benzene rings is 1. The Kier molecular flexibility index (Phi) is 4.38. The minimum atomic E-state index is -3.54. The van der Waals surface area contributed by atoms with Crippen LogP contribution < -0.4 is 14.3 Å². The monoisotopic (exact) mass is 351 g/mol. The maximum Gasteiger partial charge on any atom is 0.298 e. The molecule has 3 rings (SSSR count). The smallest absolute Gasteiger partial charge is 0.298 e. The Morgan fingerprint density at radius 2 is 2.13 bits per heavy atom. The lowest BCUT2D eigenvalue weighted by atomic mass is 10.0. The summed E-state index contributed by atoms with van der Waals surface area (Å²) in [4.78, 5) is 15.1. The number of hydrogen-bond acceptors (Lipinski definition) is 4. The Balaban J connectivity index is 1.90. The van der Waals surface area contributed by atoms with Crippen LogP contribution in [0.5, 0.6) is 0 Å². The van der Waals surface area contributed by atoms with Gasteiger partial charge in [0, 0.05) is 19.3 Å². The van der Waals surface area contributed by atoms with Gasteiger partial charge in [-0.15, -0.1) is 11.3 Å². The topological polar surface area (TPSA) is 78.5 Å². The number of anilines is 2. The molecule has 0 atom stereocenters. The van der Waals surface area contributed by atoms with Crippen LogP contribution in [0, 0.1) is 0 Å². The fourth-order valence-electron chi connectivity index (χ4n) is 2.61. The fraction of sp³-hybridized carbons (Fsp3) is 0.267. The molecule has 1 aliphatic heterocycles. The first kappa shape index (κ1) is 16.0. The zero-order valence-corrected chi connectivity index (χ0v) is 14.2. The van der Waals surface area contributed by atoms with Crippen LogP contribution in [-0.4, -0.2) is 27.9 Å². The number of fused-ring (bicyclic) bond motifs is 1. The van der Waals surface area contributed by atoms with Crippen molar-refractivity contribution < 1.29 is 13.2 Å². The first-order valence-electron chi connectivity index (χ1n) is 7.20. The van der Waals surface area contributed by atoms with Crippen molar-refractivity contribution in [3.05, 3.63) is 46.2 Å². The number of amides is 1. The van der Waals surface area contributed by atoms with E-state index >= 15 is 0 Å². The predicted molar refractivity (Wildman–Crippen MR) is 92.4 cm³/mol. The van der Waals surface area contributed by atoms with Crippen molar-refractivity contribution in [1.82, 2.24) is 4.72 Å². The highest BCUT2D eigenvalue weighted by Gasteiger charge is 2.24. The third-order valence-corrected chi connectivity index (χ3v) is 5.60. The van der Waals surface area contributed by atoms with Crippen molar-refractivity contribution >= 4 is 38.8 Å². The minimum absolute atomic E-state index is 0.00972. The van der Waals surface area contributed by atoms with Gasteiger partial charge >= 0.3 is 0 Å². The van der Waals surface area contributed by atoms with Gasteiger partial charge in [-0.2, -0.15) is 8.42 Å². The van der Waals surface area contributed by atoms with Gasteiger partial charge in [-0.1, -0.05) is 6.07 Å². The van der Waals surface area contributed by atoms with Gasteiger partial charge in [0.1, 0.15) is 0 Å². The van der Waals surface area contributed by atoms with Crippen LogP contribution in [0.4, 0.5) is 11.4 Å². The van der Waals surface area contributed by atoms with Crippen LogP contribution in [0.15, 0.2) is 35.7 Å². The average molecular weight is 351 g/mol. The van der Waals surface area contributed by atoms with Crippen LogP contribution in [0.2, 0.25) is 0 Å². The van der Waals surface area contributed by atoms with Crippen LogP contribution in [-0.2, 0) is 16.6 Å². The van der Waals surface area contributed by atoms with Crippen molar-refractivity contribution in [2.24, 2.45) is 0 Å². The van der Waals surface area contributed by atoms with Crippen molar-refractivity contribution in [2.45, 2.75) is 12.8 Å². The molecule has 0 fully saturated rings. The van der Waals surface area contributed by atoms with E-state index in [1.54, 1.807) is 23.1 Å². The third kappa shape index (κ3) is 3.39. The van der Waals surface area contributed by atoms with Crippen LogP contribution in [0.1, 0.15) is 21.7 Å². The highest BCUT2D eigenvalue weighted by atomic mass is 32.2. The number of thiophene rings is 1. The second kappa shape index (κ2) is 6.31. The van der Waals surface area contributed by atoms with Gasteiger partial charge in [0.2, 0.25) is 0 Å². The summed E-state index contributed by atoms with van der Waals surface area (Å²) in [6.45, 7) is 0.672. The summed E-state index contributed by atoms with van der Waals surface area (Å²) in [6, 6.07) is 8.94. The molecule has 6 nitrogen and oxygen atoms in total. The van der Waals surface area contributed by atoms with E-state index in [4.69, 9.17) is 0 Å². The Morgan fingerprint density at radius 3 is 2.83 bits per heavy atom. The van der Waals surface area contributed by atoms with E-state index in [1.807, 2.05) is 17.5 Å². The highest BCUT2D eigenvalue weighted by molar-refractivity contribution is 7.90. The number of hydrogen-bond donors (Lipinski definition) is 2. The second-order valence-electron chi connectivity index (χ2n) is 5.19. The van der Waals surface area contributed by atoms with Crippen molar-refractivity contribution in [1.29, 1.82) is 0 Å². The van der Waals surface area contributed by atoms with Gasteiger partial charge in [-0.3, -0.25) is 9.52 Å². The van der Waals surface area contributed by atoms with Gasteiger partial charge in [0.05, 0.1) is 10.6 Å². The van der Waals surface area contributed by atoms with E-state index in [9.17, 15) is 13.2 Å². The normalized spacial score (nSPS) is 14.4. The average Bonchev–Trinajstić information content (AvgIpc) is 3.07. The number of nitrogens with zero attached hydrogens (tertiary/aromatic N) is 1. The molecule has 122 valence electrons. The van der Waals surface area contributed by atoms with Gasteiger partial charge in [-0.05, 0) is 48.1 Å². The summed E-state index contributed by atoms with van der Waals surface area (Å²) >= 11 is 1.42. The zero-order valence-electron chi connectivity index (χ0n) is 12.6. The molecule has 1 aromatic heterocycles. The second-order valence-corrected chi connectivity index (χ2v) is 7.76. The maximum atomic E-state index is 12.6. The Hall–Kier alpha value is -1.90. The van der Waals surface area contributed by atoms with E-state index < -0.39 is 10.2 Å². The van der Waals surface area contributed by atoms with Gasteiger partial charge in [0.25, 0.3) is 16.1 Å². The van der Waals surface area contributed by atoms with E-state index in [1.165, 1.54) is 18.4 Å². The van der Waals surface area contributed by atoms with Crippen LogP contribution in [0.25, 0.3) is 0 Å². The van der Waals surface area contributed by atoms with Crippen molar-refractivity contribution in [3.8, 4) is 0 Å². The highest BCUT2D eigenvalue weighted by Crippen LogP contribution is 2.31. The predicted octanol–water partition coefficient (Wildman–Crippen LogP) is 2.22. The molecule has 0 radical (unpaired) electrons. The molecule has 0 saturated carbocycles. The Bertz CT molecular complexity index is 816. The summed E-state index contributed by atoms with van der Waals surface area (Å²) in [5.74, 6) is -0.00972. The molecular formula is C15H17N3O3S2. The molecule has 0 saturated heterocycles. The molecule has 1 aliphatic rings. The SMILES string of the molecule is CNS(=O)(=O)Nc1ccc2c(c1)CCCN2C(=O)c1cccs1. The summed E-state index contributed by atoms with van der Waals surface area (Å²) in [6.07, 6.45) is 1.67. The van der Waals surface area contributed by atoms with E-state index in [2.05, 4.69) is 9.44 Å². The Morgan fingerprint density at radius 1 is 1.30 bits per heavy atom. The molecule has 0 aliphatic carbocycles. The van der Waals surface area contributed by atoms with Gasteiger partial charge in [0.15, 0.2) is 0 Å². The Labute approximate surface area is 139 Å². The summed E-state index contributed by atoms with van der Waals surface area (Å²) in [5.41, 5.74) is 2.31. The number of aryl methyl sites for hydroxylation is 1. The van der Waals surface area contributed by atoms with Crippen LogP contribution >= 0.6 is 11.3 Å². The first-order valence-corrected chi connectivity index (χ1v) is 9.56. The third-order valence-electron chi connectivity index (χ3n) is 3.70. The van der Waals surface area contributed by atoms with Gasteiger partial charge < -0.3 is 4.90 Å². The molecule has 1 amide bonds. The van der Waals surface area contributed by atoms with E-state index in [-0.39, 0.29) is 5.91 Å². The summed E-state index contributed by atoms with van der Waals surface area (Å²) in [7, 11) is -2.19. The standard InChI is InChI=1S/C15H17N3O3S2/c1-16-23(20,21)17-12-6-7-13-11(10-12)4-2-8-18(13)15(19)14-5-3-9-22-14/h3,5-7,9-10,16-17H,2,4,8H2,1H3. The maximum absolute atomic E-state index is 12.6. The number of carbonyl (C=O) groups is 1. The van der Waals surface area contributed by atoms with Crippen LogP contribution in [0.3, 0.4) is 0 Å². The molecule has 0 unspecified atom stereocenters. The van der Waals surface area contributed by atoms with Crippen molar-refractivity contribution in [3.63, 3.8) is 0 Å². The quantitative estimate of drug-likeness (QED) is 0.886. The number of rotatable bonds is 4. The number of nitrogens with one attached hydrogen (secondary N) is 2. The molecular weight excluding hydrogens is 334 g/mol. The lowest BCUT2D eigenvalue weighted by Gasteiger charge is -2.29. The molecule has 2 N–H and O–H groups in total. The molecule has 1 aromatic carbocycles. The molecule has 2 heterocycles. The minimum Gasteiger partial charge on any atom is -0.307 e. The summed E-state index contributed by atoms with van der Waals surface area (Å²) < 4.78 is 27.8. The largest absolute Gasteiger partial charge is 0.307 e.